The third-order valence-corrected chi connectivity index (χ3v) is 21.7. The van der Waals surface area contributed by atoms with Gasteiger partial charge >= 0.3 is 11.9 Å². The number of hydrogen-bond acceptors (Lipinski definition) is 5. The van der Waals surface area contributed by atoms with Crippen LogP contribution in [0.4, 0.5) is 0 Å². The fourth-order valence-corrected chi connectivity index (χ4v) is 18.1. The molecule has 109 heavy (non-hydrogen) atoms. The molecule has 2 amide bonds. The molecule has 8 aliphatic rings. The lowest BCUT2D eigenvalue weighted by Crippen LogP contribution is -2.31. The zero-order chi connectivity index (χ0) is 79.4. The van der Waals surface area contributed by atoms with Crippen molar-refractivity contribution in [2.75, 3.05) is 42.3 Å². The van der Waals surface area contributed by atoms with Crippen LogP contribution in [0.3, 0.4) is 0 Å². The van der Waals surface area contributed by atoms with Crippen LogP contribution in [-0.2, 0) is 70.5 Å². The molecule has 0 aromatic heterocycles. The summed E-state index contributed by atoms with van der Waals surface area (Å²) in [6.07, 6.45) is 9.98. The van der Waals surface area contributed by atoms with E-state index in [1.165, 1.54) is 89.0 Å². The second-order valence-electron chi connectivity index (χ2n) is 27.5. The predicted molar refractivity (Wildman–Crippen MR) is 467 cm³/mol. The molecule has 8 aromatic carbocycles. The molecular weight excluding hydrogens is 1340 g/mol. The average molecular weight is 1490 g/mol. The summed E-state index contributed by atoms with van der Waals surface area (Å²) >= 11 is 0. The molecule has 9 heteroatoms. The van der Waals surface area contributed by atoms with Crippen LogP contribution in [0.25, 0.3) is 0 Å². The number of rotatable bonds is 8. The Balaban J connectivity index is 0.000000456. The van der Waals surface area contributed by atoms with E-state index >= 15 is 0 Å². The van der Waals surface area contributed by atoms with Gasteiger partial charge in [0, 0.05) is 53.9 Å². The smallest absolute Gasteiger partial charge is 0.303 e. The molecule has 0 saturated heterocycles. The topological polar surface area (TPSA) is 127 Å². The Morgan fingerprint density at radius 3 is 0.587 bits per heavy atom. The number of nitrogens with zero attached hydrogens (tertiary/aromatic N) is 2. The summed E-state index contributed by atoms with van der Waals surface area (Å²) in [6, 6.07) is 69.6. The lowest BCUT2D eigenvalue weighted by atomic mass is 9.68. The van der Waals surface area contributed by atoms with Crippen LogP contribution in [0, 0.1) is 23.7 Å². The first-order valence-corrected chi connectivity index (χ1v) is 41.2. The molecule has 16 rings (SSSR count). The first kappa shape index (κ1) is 96.7. The van der Waals surface area contributed by atoms with Gasteiger partial charge in [-0.25, -0.2) is 0 Å². The van der Waals surface area contributed by atoms with Gasteiger partial charge in [-0.15, -0.1) is 0 Å². The molecule has 0 heterocycles. The molecule has 0 bridgehead atoms. The van der Waals surface area contributed by atoms with Gasteiger partial charge in [-0.3, -0.25) is 19.2 Å². The summed E-state index contributed by atoms with van der Waals surface area (Å²) in [4.78, 5) is 50.7. The standard InChI is InChI=1S/2C21H23NO.2C19H18O2.C2H7N.8C2H6.2CH4/c2*1-22(2)20(23)13-16-11-14-7-3-5-9-17(14)19-12-15-8-4-6-10-18(15)21(16)19;2*20-18(21)11-14-9-12-5-1-3-7-15(12)17-10-13-6-2-4-8-16(13)19(14)17;1-3-2;8*1-2;;/h2*3-10,16,19,21H,11-13H2,1-2H3;2*1-8,14,17,19H,9-11H2,(H,20,21);3H,1-2H3;8*1-2H3;2*1H4. The molecule has 12 unspecified atom stereocenters. The number of amides is 2. The molecular formula is C100H145N3O6. The SMILES string of the molecule is C.C.CC.CC.CC.CC.CC.CC.CC.CC.CN(C)C(=O)CC1Cc2ccccc2C2Cc3ccccc3C12.CN(C)C(=O)CC1Cc2ccccc2C2Cc3ccccc3C12.CNC.O=C(O)CC1Cc2ccccc2C2Cc3ccccc3C12.O=C(O)CC1Cc2ccccc2C2Cc3ccccc3C12. The van der Waals surface area contributed by atoms with E-state index in [-0.39, 0.29) is 51.3 Å². The molecule has 0 radical (unpaired) electrons. The first-order chi connectivity index (χ1) is 52.2. The number of aliphatic carboxylic acids is 2. The van der Waals surface area contributed by atoms with Crippen molar-refractivity contribution in [1.82, 2.24) is 15.1 Å². The van der Waals surface area contributed by atoms with Crippen molar-refractivity contribution in [2.24, 2.45) is 23.7 Å². The maximum absolute atomic E-state index is 12.3. The van der Waals surface area contributed by atoms with Crippen LogP contribution in [-0.4, -0.2) is 86.1 Å². The van der Waals surface area contributed by atoms with Crippen molar-refractivity contribution in [3.05, 3.63) is 283 Å². The number of carbonyl (C=O) groups is 4. The van der Waals surface area contributed by atoms with Gasteiger partial charge in [0.1, 0.15) is 0 Å². The van der Waals surface area contributed by atoms with Gasteiger partial charge in [0.25, 0.3) is 0 Å². The molecule has 0 aliphatic heterocycles. The highest BCUT2D eigenvalue weighted by molar-refractivity contribution is 5.77. The number of hydrogen-bond donors (Lipinski definition) is 3. The number of benzene rings is 8. The zero-order valence-electron chi connectivity index (χ0n) is 69.8. The van der Waals surface area contributed by atoms with Crippen molar-refractivity contribution in [3.63, 3.8) is 0 Å². The Labute approximate surface area is 663 Å². The summed E-state index contributed by atoms with van der Waals surface area (Å²) in [5.74, 6) is 4.09. The molecule has 0 spiro atoms. The van der Waals surface area contributed by atoms with E-state index in [1.54, 1.807) is 9.80 Å². The van der Waals surface area contributed by atoms with Gasteiger partial charge in [0.15, 0.2) is 0 Å². The van der Waals surface area contributed by atoms with Gasteiger partial charge in [-0.05, 0) is 225 Å². The summed E-state index contributed by atoms with van der Waals surface area (Å²) in [5, 5.41) is 21.3. The number of fused-ring (bicyclic) bond motifs is 20. The van der Waals surface area contributed by atoms with E-state index in [0.29, 0.717) is 72.0 Å². The van der Waals surface area contributed by atoms with Crippen LogP contribution in [0.2, 0.25) is 0 Å². The van der Waals surface area contributed by atoms with Gasteiger partial charge < -0.3 is 25.3 Å². The van der Waals surface area contributed by atoms with E-state index < -0.39 is 11.9 Å². The second-order valence-corrected chi connectivity index (χ2v) is 27.5. The quantitative estimate of drug-likeness (QED) is 0.138. The Morgan fingerprint density at radius 1 is 0.275 bits per heavy atom. The lowest BCUT2D eigenvalue weighted by Gasteiger charge is -2.36. The number of carbonyl (C=O) groups excluding carboxylic acids is 2. The molecule has 8 aliphatic carbocycles. The fourth-order valence-electron chi connectivity index (χ4n) is 18.1. The number of carboxylic acid groups (broad SMARTS) is 2. The molecule has 12 atom stereocenters. The Bertz CT molecular complexity index is 3690. The third-order valence-electron chi connectivity index (χ3n) is 21.7. The highest BCUT2D eigenvalue weighted by Gasteiger charge is 2.47. The summed E-state index contributed by atoms with van der Waals surface area (Å²) in [5.41, 5.74) is 22.9. The van der Waals surface area contributed by atoms with Crippen molar-refractivity contribution in [1.29, 1.82) is 0 Å². The molecule has 0 saturated carbocycles. The summed E-state index contributed by atoms with van der Waals surface area (Å²) < 4.78 is 0. The van der Waals surface area contributed by atoms with Crippen LogP contribution < -0.4 is 5.32 Å². The van der Waals surface area contributed by atoms with Gasteiger partial charge in [0.2, 0.25) is 11.8 Å². The van der Waals surface area contributed by atoms with Crippen molar-refractivity contribution >= 4 is 23.8 Å². The highest BCUT2D eigenvalue weighted by atomic mass is 16.4. The van der Waals surface area contributed by atoms with Crippen molar-refractivity contribution in [2.45, 2.75) is 250 Å². The Hall–Kier alpha value is -8.40. The average Bonchev–Trinajstić information content (AvgIpc) is 1.64. The van der Waals surface area contributed by atoms with Crippen LogP contribution in [0.1, 0.15) is 288 Å². The predicted octanol–water partition coefficient (Wildman–Crippen LogP) is 24.4. The maximum Gasteiger partial charge on any atom is 0.303 e. The minimum atomic E-state index is -0.678. The van der Waals surface area contributed by atoms with E-state index in [9.17, 15) is 29.4 Å². The maximum atomic E-state index is 12.3. The van der Waals surface area contributed by atoms with Crippen LogP contribution in [0.5, 0.6) is 0 Å². The second kappa shape index (κ2) is 50.4. The molecule has 8 aromatic rings. The van der Waals surface area contributed by atoms with Gasteiger partial charge in [-0.2, -0.15) is 0 Å². The summed E-state index contributed by atoms with van der Waals surface area (Å²) in [7, 11) is 11.2. The van der Waals surface area contributed by atoms with Crippen molar-refractivity contribution in [3.8, 4) is 0 Å². The van der Waals surface area contributed by atoms with E-state index in [1.807, 2.05) is 153 Å². The molecule has 0 fully saturated rings. The van der Waals surface area contributed by atoms with Gasteiger partial charge in [0.05, 0.1) is 0 Å². The lowest BCUT2D eigenvalue weighted by molar-refractivity contribution is -0.139. The summed E-state index contributed by atoms with van der Waals surface area (Å²) in [6.45, 7) is 32.0. The van der Waals surface area contributed by atoms with Crippen molar-refractivity contribution < 1.29 is 29.4 Å². The van der Waals surface area contributed by atoms with E-state index in [4.69, 9.17) is 0 Å². The Morgan fingerprint density at radius 2 is 0.422 bits per heavy atom. The first-order valence-electron chi connectivity index (χ1n) is 41.2. The van der Waals surface area contributed by atoms with E-state index in [0.717, 1.165) is 51.4 Å². The number of carboxylic acids is 2. The Kier molecular flexibility index (Phi) is 44.7. The minimum Gasteiger partial charge on any atom is -0.481 e. The molecule has 3 N–H and O–H groups in total. The fraction of sp³-hybridized carbons (Fsp3) is 0.480. The van der Waals surface area contributed by atoms with Crippen LogP contribution >= 0.6 is 0 Å². The highest BCUT2D eigenvalue weighted by Crippen LogP contribution is 2.58. The number of nitrogens with one attached hydrogen (secondary N) is 1. The van der Waals surface area contributed by atoms with Gasteiger partial charge in [-0.1, -0.05) is 320 Å². The molecule has 596 valence electrons. The monoisotopic (exact) mass is 1480 g/mol. The largest absolute Gasteiger partial charge is 0.481 e. The van der Waals surface area contributed by atoms with Crippen LogP contribution in [0.15, 0.2) is 194 Å². The minimum absolute atomic E-state index is 0. The van der Waals surface area contributed by atoms with E-state index in [2.05, 4.69) is 199 Å². The molecule has 9 nitrogen and oxygen atoms in total. The normalized spacial score (nSPS) is 20.9. The third kappa shape index (κ3) is 23.8. The zero-order valence-corrected chi connectivity index (χ0v) is 69.8.